The highest BCUT2D eigenvalue weighted by atomic mass is 19.4. The third-order valence-corrected chi connectivity index (χ3v) is 4.75. The minimum absolute atomic E-state index is 0.0123. The Morgan fingerprint density at radius 3 is 2.44 bits per heavy atom. The van der Waals surface area contributed by atoms with Gasteiger partial charge in [-0.3, -0.25) is 9.69 Å². The van der Waals surface area contributed by atoms with Crippen molar-refractivity contribution >= 4 is 5.91 Å². The highest BCUT2D eigenvalue weighted by Crippen LogP contribution is 2.29. The van der Waals surface area contributed by atoms with Crippen LogP contribution in [0.3, 0.4) is 0 Å². The molecule has 7 heteroatoms. The van der Waals surface area contributed by atoms with Crippen LogP contribution >= 0.6 is 0 Å². The first-order valence-corrected chi connectivity index (χ1v) is 8.82. The zero-order chi connectivity index (χ0) is 19.4. The minimum Gasteiger partial charge on any atom is -0.350 e. The molecule has 0 aliphatic carbocycles. The third kappa shape index (κ3) is 5.08. The van der Waals surface area contributed by atoms with Gasteiger partial charge >= 0.3 is 6.18 Å². The molecule has 0 bridgehead atoms. The lowest BCUT2D eigenvalue weighted by Gasteiger charge is -2.19. The Morgan fingerprint density at radius 2 is 1.81 bits per heavy atom. The number of amides is 1. The summed E-state index contributed by atoms with van der Waals surface area (Å²) in [4.78, 5) is 14.4. The van der Waals surface area contributed by atoms with E-state index in [0.29, 0.717) is 13.1 Å². The standard InChI is InChI=1S/C20H22F3N3O/c21-20(22,23)16-8-6-14(7-9-16)12-26-11-10-17(13-26)25-19(27)18(24)15-4-2-1-3-5-15/h1-9,17-18H,10-13,24H2,(H,25,27). The molecule has 1 aliphatic heterocycles. The fourth-order valence-electron chi connectivity index (χ4n) is 3.25. The first-order valence-electron chi connectivity index (χ1n) is 8.82. The Morgan fingerprint density at radius 1 is 1.15 bits per heavy atom. The zero-order valence-electron chi connectivity index (χ0n) is 14.7. The van der Waals surface area contributed by atoms with Gasteiger partial charge in [0.2, 0.25) is 5.91 Å². The summed E-state index contributed by atoms with van der Waals surface area (Å²) in [5.74, 6) is -0.220. The van der Waals surface area contributed by atoms with Crippen molar-refractivity contribution in [3.63, 3.8) is 0 Å². The van der Waals surface area contributed by atoms with Crippen LogP contribution in [0, 0.1) is 0 Å². The largest absolute Gasteiger partial charge is 0.416 e. The predicted octanol–water partition coefficient (Wildman–Crippen LogP) is 3.10. The number of hydrogen-bond donors (Lipinski definition) is 2. The molecule has 4 nitrogen and oxygen atoms in total. The van der Waals surface area contributed by atoms with E-state index in [4.69, 9.17) is 5.73 Å². The number of carbonyl (C=O) groups excluding carboxylic acids is 1. The Labute approximate surface area is 156 Å². The Bertz CT molecular complexity index is 762. The minimum atomic E-state index is -4.32. The van der Waals surface area contributed by atoms with Crippen LogP contribution in [0.4, 0.5) is 13.2 Å². The maximum atomic E-state index is 12.6. The van der Waals surface area contributed by atoms with Crippen molar-refractivity contribution < 1.29 is 18.0 Å². The number of rotatable bonds is 5. The second-order valence-electron chi connectivity index (χ2n) is 6.81. The van der Waals surface area contributed by atoms with Gasteiger partial charge in [0.1, 0.15) is 6.04 Å². The van der Waals surface area contributed by atoms with E-state index in [1.165, 1.54) is 12.1 Å². The number of likely N-dealkylation sites (tertiary alicyclic amines) is 1. The quantitative estimate of drug-likeness (QED) is 0.842. The molecule has 0 saturated carbocycles. The lowest BCUT2D eigenvalue weighted by Crippen LogP contribution is -2.42. The topological polar surface area (TPSA) is 58.4 Å². The van der Waals surface area contributed by atoms with E-state index < -0.39 is 17.8 Å². The molecule has 3 rings (SSSR count). The Hall–Kier alpha value is -2.38. The molecule has 1 heterocycles. The summed E-state index contributed by atoms with van der Waals surface area (Å²) in [6, 6.07) is 13.6. The number of hydrogen-bond acceptors (Lipinski definition) is 3. The third-order valence-electron chi connectivity index (χ3n) is 4.75. The average Bonchev–Trinajstić information content (AvgIpc) is 3.08. The van der Waals surface area contributed by atoms with E-state index in [9.17, 15) is 18.0 Å². The lowest BCUT2D eigenvalue weighted by molar-refractivity contribution is -0.137. The molecule has 1 saturated heterocycles. The van der Waals surface area contributed by atoms with Crippen LogP contribution in [0.5, 0.6) is 0 Å². The fraction of sp³-hybridized carbons (Fsp3) is 0.350. The van der Waals surface area contributed by atoms with Crippen molar-refractivity contribution in [3.8, 4) is 0 Å². The van der Waals surface area contributed by atoms with Gasteiger partial charge in [0.05, 0.1) is 5.56 Å². The summed E-state index contributed by atoms with van der Waals surface area (Å²) in [7, 11) is 0. The first-order chi connectivity index (χ1) is 12.8. The van der Waals surface area contributed by atoms with Crippen LogP contribution in [0.2, 0.25) is 0 Å². The van der Waals surface area contributed by atoms with E-state index in [2.05, 4.69) is 10.2 Å². The summed E-state index contributed by atoms with van der Waals surface area (Å²) in [5, 5.41) is 2.97. The highest BCUT2D eigenvalue weighted by Gasteiger charge is 2.30. The number of benzene rings is 2. The van der Waals surface area contributed by atoms with Crippen molar-refractivity contribution in [2.75, 3.05) is 13.1 Å². The molecule has 0 aromatic heterocycles. The first kappa shape index (κ1) is 19.4. The summed E-state index contributed by atoms with van der Waals surface area (Å²) in [6.07, 6.45) is -3.53. The zero-order valence-corrected chi connectivity index (χ0v) is 14.7. The molecule has 0 radical (unpaired) electrons. The smallest absolute Gasteiger partial charge is 0.350 e. The molecule has 2 atom stereocenters. The van der Waals surface area contributed by atoms with E-state index in [1.807, 2.05) is 30.3 Å². The van der Waals surface area contributed by atoms with E-state index in [-0.39, 0.29) is 11.9 Å². The Kier molecular flexibility index (Phi) is 5.82. The predicted molar refractivity (Wildman–Crippen MR) is 96.6 cm³/mol. The molecule has 27 heavy (non-hydrogen) atoms. The van der Waals surface area contributed by atoms with Gasteiger partial charge in [0.15, 0.2) is 0 Å². The molecule has 2 aromatic carbocycles. The summed E-state index contributed by atoms with van der Waals surface area (Å²) in [5.41, 5.74) is 6.94. The van der Waals surface area contributed by atoms with Crippen molar-refractivity contribution in [2.45, 2.75) is 31.2 Å². The highest BCUT2D eigenvalue weighted by molar-refractivity contribution is 5.83. The van der Waals surface area contributed by atoms with Crippen LogP contribution in [0.1, 0.15) is 29.2 Å². The number of alkyl halides is 3. The molecule has 2 aromatic rings. The van der Waals surface area contributed by atoms with Gasteiger partial charge in [-0.25, -0.2) is 0 Å². The number of nitrogens with two attached hydrogens (primary N) is 1. The number of halogens is 3. The fourth-order valence-corrected chi connectivity index (χ4v) is 3.25. The lowest BCUT2D eigenvalue weighted by atomic mass is 10.1. The second kappa shape index (κ2) is 8.10. The number of carbonyl (C=O) groups is 1. The van der Waals surface area contributed by atoms with E-state index in [0.717, 1.165) is 36.2 Å². The van der Waals surface area contributed by atoms with Gasteiger partial charge in [0, 0.05) is 25.7 Å². The normalized spacial score (nSPS) is 19.0. The molecule has 3 N–H and O–H groups in total. The molecular weight excluding hydrogens is 355 g/mol. The molecule has 1 fully saturated rings. The molecule has 2 unspecified atom stereocenters. The van der Waals surface area contributed by atoms with Crippen molar-refractivity contribution in [2.24, 2.45) is 5.73 Å². The number of nitrogens with zero attached hydrogens (tertiary/aromatic N) is 1. The Balaban J connectivity index is 1.51. The van der Waals surface area contributed by atoms with Gasteiger partial charge in [-0.15, -0.1) is 0 Å². The van der Waals surface area contributed by atoms with E-state index >= 15 is 0 Å². The summed E-state index contributed by atoms with van der Waals surface area (Å²) < 4.78 is 37.9. The van der Waals surface area contributed by atoms with Gasteiger partial charge in [0.25, 0.3) is 0 Å². The van der Waals surface area contributed by atoms with Crippen LogP contribution < -0.4 is 11.1 Å². The summed E-state index contributed by atoms with van der Waals surface area (Å²) in [6.45, 7) is 1.97. The van der Waals surface area contributed by atoms with Gasteiger partial charge < -0.3 is 11.1 Å². The molecular formula is C20H22F3N3O. The second-order valence-corrected chi connectivity index (χ2v) is 6.81. The van der Waals surface area contributed by atoms with Crippen LogP contribution in [-0.2, 0) is 17.5 Å². The molecule has 144 valence electrons. The SMILES string of the molecule is NC(C(=O)NC1CCN(Cc2ccc(C(F)(F)F)cc2)C1)c1ccccc1. The maximum Gasteiger partial charge on any atom is 0.416 e. The van der Waals surface area contributed by atoms with Gasteiger partial charge in [-0.1, -0.05) is 42.5 Å². The van der Waals surface area contributed by atoms with Gasteiger partial charge in [-0.05, 0) is 29.7 Å². The van der Waals surface area contributed by atoms with Gasteiger partial charge in [-0.2, -0.15) is 13.2 Å². The van der Waals surface area contributed by atoms with Crippen molar-refractivity contribution in [1.29, 1.82) is 0 Å². The maximum absolute atomic E-state index is 12.6. The van der Waals surface area contributed by atoms with Crippen LogP contribution in [0.25, 0.3) is 0 Å². The monoisotopic (exact) mass is 377 g/mol. The molecule has 1 amide bonds. The van der Waals surface area contributed by atoms with Crippen molar-refractivity contribution in [1.82, 2.24) is 10.2 Å². The average molecular weight is 377 g/mol. The van der Waals surface area contributed by atoms with Crippen molar-refractivity contribution in [3.05, 3.63) is 71.3 Å². The molecule has 0 spiro atoms. The number of nitrogens with one attached hydrogen (secondary N) is 1. The van der Waals surface area contributed by atoms with Crippen LogP contribution in [-0.4, -0.2) is 29.9 Å². The summed E-state index contributed by atoms with van der Waals surface area (Å²) >= 11 is 0. The molecule has 1 aliphatic rings. The van der Waals surface area contributed by atoms with E-state index in [1.54, 1.807) is 0 Å². The van der Waals surface area contributed by atoms with Crippen LogP contribution in [0.15, 0.2) is 54.6 Å².